The summed E-state index contributed by atoms with van der Waals surface area (Å²) in [5, 5.41) is 0.519. The number of carbonyl (C=O) groups is 2. The van der Waals surface area contributed by atoms with E-state index in [0.29, 0.717) is 17.0 Å². The first-order chi connectivity index (χ1) is 9.65. The molecule has 2 unspecified atom stereocenters. The number of ketones is 2. The summed E-state index contributed by atoms with van der Waals surface area (Å²) in [5.74, 6) is -0.622. The minimum absolute atomic E-state index is 0.0311. The lowest BCUT2D eigenvalue weighted by molar-refractivity contribution is -0.124. The number of hydrogen-bond acceptors (Lipinski definition) is 2. The number of rotatable bonds is 6. The third-order valence-corrected chi connectivity index (χ3v) is 4.42. The lowest BCUT2D eigenvalue weighted by atomic mass is 9.92. The van der Waals surface area contributed by atoms with Crippen LogP contribution in [0, 0.1) is 5.92 Å². The van der Waals surface area contributed by atoms with E-state index in [9.17, 15) is 9.59 Å². The molecule has 0 saturated heterocycles. The Balaban J connectivity index is 2.04. The molecule has 0 heterocycles. The molecule has 2 nitrogen and oxygen atoms in total. The van der Waals surface area contributed by atoms with Crippen LogP contribution in [0.3, 0.4) is 0 Å². The fourth-order valence-electron chi connectivity index (χ4n) is 2.95. The Morgan fingerprint density at radius 1 is 1.15 bits per heavy atom. The fourth-order valence-corrected chi connectivity index (χ4v) is 3.20. The molecule has 1 aliphatic carbocycles. The molecule has 2 atom stereocenters. The number of unbranched alkanes of at least 4 members (excludes halogenated alkanes) is 3. The van der Waals surface area contributed by atoms with Gasteiger partial charge in [0, 0.05) is 17.4 Å². The van der Waals surface area contributed by atoms with Gasteiger partial charge in [0.2, 0.25) is 0 Å². The van der Waals surface area contributed by atoms with Gasteiger partial charge in [0.15, 0.2) is 5.78 Å². The highest BCUT2D eigenvalue weighted by molar-refractivity contribution is 6.32. The maximum Gasteiger partial charge on any atom is 0.151 e. The average Bonchev–Trinajstić information content (AvgIpc) is 2.71. The van der Waals surface area contributed by atoms with Crippen LogP contribution in [0.4, 0.5) is 0 Å². The zero-order valence-electron chi connectivity index (χ0n) is 11.9. The number of benzene rings is 1. The van der Waals surface area contributed by atoms with Crippen molar-refractivity contribution in [3.63, 3.8) is 0 Å². The maximum absolute atomic E-state index is 12.5. The second kappa shape index (κ2) is 7.03. The molecule has 0 amide bonds. The number of Topliss-reactive ketones (excluding diaryl/α,β-unsaturated/α-hetero) is 2. The summed E-state index contributed by atoms with van der Waals surface area (Å²) in [6.07, 6.45) is 5.78. The van der Waals surface area contributed by atoms with Gasteiger partial charge in [0.05, 0.1) is 0 Å². The molecule has 2 rings (SSSR count). The molecule has 0 aromatic heterocycles. The van der Waals surface area contributed by atoms with Crippen molar-refractivity contribution >= 4 is 23.2 Å². The van der Waals surface area contributed by atoms with E-state index in [2.05, 4.69) is 6.92 Å². The van der Waals surface area contributed by atoms with Crippen molar-refractivity contribution < 1.29 is 9.59 Å². The Labute approximate surface area is 125 Å². The van der Waals surface area contributed by atoms with E-state index in [1.54, 1.807) is 12.1 Å². The van der Waals surface area contributed by atoms with E-state index in [4.69, 9.17) is 11.6 Å². The molecule has 108 valence electrons. The van der Waals surface area contributed by atoms with Crippen LogP contribution < -0.4 is 0 Å². The quantitative estimate of drug-likeness (QED) is 0.569. The number of halogens is 1. The van der Waals surface area contributed by atoms with Crippen LogP contribution in [0.25, 0.3) is 0 Å². The van der Waals surface area contributed by atoms with Gasteiger partial charge >= 0.3 is 0 Å². The summed E-state index contributed by atoms with van der Waals surface area (Å²) in [4.78, 5) is 24.6. The summed E-state index contributed by atoms with van der Waals surface area (Å²) in [6.45, 7) is 2.16. The monoisotopic (exact) mass is 292 g/mol. The van der Waals surface area contributed by atoms with Gasteiger partial charge in [-0.05, 0) is 18.1 Å². The summed E-state index contributed by atoms with van der Waals surface area (Å²) in [5.41, 5.74) is 0.681. The van der Waals surface area contributed by atoms with E-state index in [0.717, 1.165) is 19.3 Å². The molecule has 1 aliphatic rings. The van der Waals surface area contributed by atoms with Gasteiger partial charge in [0.1, 0.15) is 11.7 Å². The zero-order valence-corrected chi connectivity index (χ0v) is 12.7. The van der Waals surface area contributed by atoms with Crippen LogP contribution in [0.2, 0.25) is 5.02 Å². The summed E-state index contributed by atoms with van der Waals surface area (Å²) in [7, 11) is 0. The second-order valence-corrected chi connectivity index (χ2v) is 5.98. The van der Waals surface area contributed by atoms with Crippen molar-refractivity contribution in [3.05, 3.63) is 34.9 Å². The predicted molar refractivity (Wildman–Crippen MR) is 81.1 cm³/mol. The molecule has 0 bridgehead atoms. The third kappa shape index (κ3) is 3.29. The SMILES string of the molecule is CCCCCCC1CC(=O)C(c2ccccc2Cl)C1=O. The van der Waals surface area contributed by atoms with Gasteiger partial charge < -0.3 is 0 Å². The van der Waals surface area contributed by atoms with Crippen molar-refractivity contribution in [2.45, 2.75) is 51.4 Å². The molecule has 1 aromatic rings. The van der Waals surface area contributed by atoms with Crippen LogP contribution in [-0.4, -0.2) is 11.6 Å². The maximum atomic E-state index is 12.5. The first kappa shape index (κ1) is 15.2. The molecule has 0 spiro atoms. The fraction of sp³-hybridized carbons (Fsp3) is 0.529. The van der Waals surface area contributed by atoms with Gasteiger partial charge in [0.25, 0.3) is 0 Å². The lowest BCUT2D eigenvalue weighted by Gasteiger charge is -2.11. The topological polar surface area (TPSA) is 34.1 Å². The van der Waals surface area contributed by atoms with Crippen LogP contribution >= 0.6 is 11.6 Å². The van der Waals surface area contributed by atoms with Gasteiger partial charge in [-0.1, -0.05) is 62.4 Å². The Kier molecular flexibility index (Phi) is 5.36. The van der Waals surface area contributed by atoms with Crippen molar-refractivity contribution in [2.24, 2.45) is 5.92 Å². The average molecular weight is 293 g/mol. The first-order valence-electron chi connectivity index (χ1n) is 7.46. The molecule has 3 heteroatoms. The van der Waals surface area contributed by atoms with Crippen LogP contribution in [0.15, 0.2) is 24.3 Å². The van der Waals surface area contributed by atoms with E-state index in [1.165, 1.54) is 12.8 Å². The van der Waals surface area contributed by atoms with Crippen LogP contribution in [-0.2, 0) is 9.59 Å². The summed E-state index contributed by atoms with van der Waals surface area (Å²) in [6, 6.07) is 7.18. The Morgan fingerprint density at radius 2 is 1.90 bits per heavy atom. The van der Waals surface area contributed by atoms with Gasteiger partial charge in [-0.2, -0.15) is 0 Å². The van der Waals surface area contributed by atoms with E-state index >= 15 is 0 Å². The summed E-state index contributed by atoms with van der Waals surface area (Å²) < 4.78 is 0. The summed E-state index contributed by atoms with van der Waals surface area (Å²) >= 11 is 6.12. The lowest BCUT2D eigenvalue weighted by Crippen LogP contribution is -2.15. The molecule has 0 aliphatic heterocycles. The molecule has 0 radical (unpaired) electrons. The van der Waals surface area contributed by atoms with Crippen molar-refractivity contribution in [3.8, 4) is 0 Å². The molecular formula is C17H21ClO2. The Morgan fingerprint density at radius 3 is 2.60 bits per heavy atom. The van der Waals surface area contributed by atoms with Crippen LogP contribution in [0.1, 0.15) is 56.9 Å². The Bertz CT molecular complexity index is 496. The second-order valence-electron chi connectivity index (χ2n) is 5.57. The molecule has 1 fully saturated rings. The van der Waals surface area contributed by atoms with E-state index in [-0.39, 0.29) is 17.5 Å². The highest BCUT2D eigenvalue weighted by Crippen LogP contribution is 2.37. The largest absolute Gasteiger partial charge is 0.298 e. The minimum atomic E-state index is -0.625. The van der Waals surface area contributed by atoms with Crippen molar-refractivity contribution in [1.82, 2.24) is 0 Å². The zero-order chi connectivity index (χ0) is 14.5. The number of hydrogen-bond donors (Lipinski definition) is 0. The predicted octanol–water partition coefficient (Wildman–Crippen LogP) is 4.55. The minimum Gasteiger partial charge on any atom is -0.298 e. The van der Waals surface area contributed by atoms with Gasteiger partial charge in [-0.3, -0.25) is 9.59 Å². The standard InChI is InChI=1S/C17H21ClO2/c1-2-3-4-5-8-12-11-15(19)16(17(12)20)13-9-6-7-10-14(13)18/h6-7,9-10,12,16H,2-5,8,11H2,1H3. The third-order valence-electron chi connectivity index (χ3n) is 4.08. The molecule has 0 N–H and O–H groups in total. The van der Waals surface area contributed by atoms with Crippen LogP contribution in [0.5, 0.6) is 0 Å². The molecular weight excluding hydrogens is 272 g/mol. The molecule has 1 saturated carbocycles. The van der Waals surface area contributed by atoms with Crippen molar-refractivity contribution in [2.75, 3.05) is 0 Å². The highest BCUT2D eigenvalue weighted by Gasteiger charge is 2.42. The van der Waals surface area contributed by atoms with E-state index < -0.39 is 5.92 Å². The van der Waals surface area contributed by atoms with Gasteiger partial charge in [-0.15, -0.1) is 0 Å². The number of carbonyl (C=O) groups excluding carboxylic acids is 2. The van der Waals surface area contributed by atoms with Gasteiger partial charge in [-0.25, -0.2) is 0 Å². The smallest absolute Gasteiger partial charge is 0.151 e. The normalized spacial score (nSPS) is 22.5. The first-order valence-corrected chi connectivity index (χ1v) is 7.83. The highest BCUT2D eigenvalue weighted by atomic mass is 35.5. The van der Waals surface area contributed by atoms with E-state index in [1.807, 2.05) is 12.1 Å². The Hall–Kier alpha value is -1.15. The molecule has 1 aromatic carbocycles. The van der Waals surface area contributed by atoms with Crippen molar-refractivity contribution in [1.29, 1.82) is 0 Å². The molecule has 20 heavy (non-hydrogen) atoms.